The summed E-state index contributed by atoms with van der Waals surface area (Å²) >= 11 is 0. The molecule has 0 radical (unpaired) electrons. The molecule has 4 nitrogen and oxygen atoms in total. The maximum Gasteiger partial charge on any atom is 0.253 e. The number of aromatic nitrogens is 2. The molecule has 0 atom stereocenters. The summed E-state index contributed by atoms with van der Waals surface area (Å²) in [7, 11) is 0. The van der Waals surface area contributed by atoms with E-state index in [-0.39, 0.29) is 5.91 Å². The zero-order valence-corrected chi connectivity index (χ0v) is 11.9. The van der Waals surface area contributed by atoms with Crippen LogP contribution in [0.25, 0.3) is 10.9 Å². The van der Waals surface area contributed by atoms with Crippen molar-refractivity contribution in [1.82, 2.24) is 15.1 Å². The molecule has 1 saturated heterocycles. The minimum Gasteiger partial charge on any atom is -0.339 e. The summed E-state index contributed by atoms with van der Waals surface area (Å²) in [4.78, 5) is 14.5. The number of benzene rings is 1. The molecule has 0 bridgehead atoms. The first-order chi connectivity index (χ1) is 9.78. The molecule has 1 N–H and O–H groups in total. The average molecular weight is 271 g/mol. The van der Waals surface area contributed by atoms with Crippen molar-refractivity contribution in [2.45, 2.75) is 32.6 Å². The Labute approximate surface area is 119 Å². The summed E-state index contributed by atoms with van der Waals surface area (Å²) in [5.74, 6) is 0.954. The van der Waals surface area contributed by atoms with Gasteiger partial charge in [0.2, 0.25) is 0 Å². The van der Waals surface area contributed by atoms with Gasteiger partial charge < -0.3 is 4.90 Å². The number of H-pyrrole nitrogens is 1. The Morgan fingerprint density at radius 3 is 2.95 bits per heavy atom. The lowest BCUT2D eigenvalue weighted by Gasteiger charge is -2.32. The average Bonchev–Trinajstić information content (AvgIpc) is 2.95. The van der Waals surface area contributed by atoms with Crippen LogP contribution in [0.3, 0.4) is 0 Å². The van der Waals surface area contributed by atoms with E-state index in [4.69, 9.17) is 0 Å². The van der Waals surface area contributed by atoms with Crippen LogP contribution in [0.5, 0.6) is 0 Å². The Morgan fingerprint density at radius 1 is 1.40 bits per heavy atom. The first-order valence-corrected chi connectivity index (χ1v) is 7.50. The summed E-state index contributed by atoms with van der Waals surface area (Å²) in [6.45, 7) is 4.02. The molecule has 1 aromatic heterocycles. The summed E-state index contributed by atoms with van der Waals surface area (Å²) in [6.07, 6.45) is 6.61. The molecule has 0 spiro atoms. The van der Waals surface area contributed by atoms with Gasteiger partial charge in [0.15, 0.2) is 0 Å². The molecule has 3 rings (SSSR count). The molecule has 106 valence electrons. The van der Waals surface area contributed by atoms with Crippen molar-refractivity contribution in [2.24, 2.45) is 5.92 Å². The number of carbonyl (C=O) groups is 1. The number of rotatable bonds is 3. The zero-order valence-electron chi connectivity index (χ0n) is 11.9. The predicted molar refractivity (Wildman–Crippen MR) is 79.6 cm³/mol. The monoisotopic (exact) mass is 271 g/mol. The minimum atomic E-state index is 0.149. The standard InChI is InChI=1S/C16H21N3O/c1-2-3-12-6-8-19(9-7-12)16(20)13-4-5-14-11-17-18-15(14)10-13/h4-5,10-12H,2-3,6-9H2,1H3,(H,17,18). The summed E-state index contributed by atoms with van der Waals surface area (Å²) < 4.78 is 0. The molecule has 20 heavy (non-hydrogen) atoms. The van der Waals surface area contributed by atoms with E-state index in [2.05, 4.69) is 17.1 Å². The van der Waals surface area contributed by atoms with Gasteiger partial charge in [-0.15, -0.1) is 0 Å². The Balaban J connectivity index is 1.69. The van der Waals surface area contributed by atoms with Crippen molar-refractivity contribution in [2.75, 3.05) is 13.1 Å². The van der Waals surface area contributed by atoms with E-state index in [1.165, 1.54) is 12.8 Å². The van der Waals surface area contributed by atoms with Gasteiger partial charge in [-0.25, -0.2) is 0 Å². The molecule has 4 heteroatoms. The first kappa shape index (κ1) is 13.2. The highest BCUT2D eigenvalue weighted by Crippen LogP contribution is 2.23. The van der Waals surface area contributed by atoms with Crippen LogP contribution in [0.4, 0.5) is 0 Å². The van der Waals surface area contributed by atoms with Crippen LogP contribution in [-0.2, 0) is 0 Å². The molecule has 1 fully saturated rings. The molecule has 2 heterocycles. The third-order valence-electron chi connectivity index (χ3n) is 4.29. The van der Waals surface area contributed by atoms with Crippen LogP contribution in [0, 0.1) is 5.92 Å². The highest BCUT2D eigenvalue weighted by molar-refractivity contribution is 5.97. The van der Waals surface area contributed by atoms with E-state index in [1.807, 2.05) is 23.1 Å². The van der Waals surface area contributed by atoms with Gasteiger partial charge in [0, 0.05) is 24.0 Å². The predicted octanol–water partition coefficient (Wildman–Crippen LogP) is 3.22. The number of nitrogens with one attached hydrogen (secondary N) is 1. The normalized spacial score (nSPS) is 16.8. The number of nitrogens with zero attached hydrogens (tertiary/aromatic N) is 2. The van der Waals surface area contributed by atoms with Crippen LogP contribution in [0.1, 0.15) is 43.0 Å². The van der Waals surface area contributed by atoms with Crippen molar-refractivity contribution in [3.05, 3.63) is 30.0 Å². The summed E-state index contributed by atoms with van der Waals surface area (Å²) in [5.41, 5.74) is 1.69. The lowest BCUT2D eigenvalue weighted by Crippen LogP contribution is -2.38. The first-order valence-electron chi connectivity index (χ1n) is 7.50. The number of piperidine rings is 1. The zero-order chi connectivity index (χ0) is 13.9. The van der Waals surface area contributed by atoms with Crippen molar-refractivity contribution >= 4 is 16.8 Å². The maximum atomic E-state index is 12.5. The number of fused-ring (bicyclic) bond motifs is 1. The molecule has 1 amide bonds. The SMILES string of the molecule is CCCC1CCN(C(=O)c2ccc3cn[nH]c3c2)CC1. The molecular formula is C16H21N3O. The molecule has 1 aliphatic heterocycles. The van der Waals surface area contributed by atoms with Crippen LogP contribution in [0.2, 0.25) is 0 Å². The number of likely N-dealkylation sites (tertiary alicyclic amines) is 1. The number of carbonyl (C=O) groups excluding carboxylic acids is 1. The molecule has 1 aromatic carbocycles. The second kappa shape index (κ2) is 5.65. The fourth-order valence-electron chi connectivity index (χ4n) is 3.09. The van der Waals surface area contributed by atoms with E-state index in [1.54, 1.807) is 6.20 Å². The maximum absolute atomic E-state index is 12.5. The Bertz CT molecular complexity index is 597. The number of aromatic amines is 1. The highest BCUT2D eigenvalue weighted by atomic mass is 16.2. The third kappa shape index (κ3) is 2.55. The lowest BCUT2D eigenvalue weighted by atomic mass is 9.92. The van der Waals surface area contributed by atoms with Crippen molar-refractivity contribution in [1.29, 1.82) is 0 Å². The highest BCUT2D eigenvalue weighted by Gasteiger charge is 2.23. The van der Waals surface area contributed by atoms with Gasteiger partial charge >= 0.3 is 0 Å². The molecule has 0 aliphatic carbocycles. The van der Waals surface area contributed by atoms with Crippen LogP contribution < -0.4 is 0 Å². The number of amides is 1. The largest absolute Gasteiger partial charge is 0.339 e. The third-order valence-corrected chi connectivity index (χ3v) is 4.29. The van der Waals surface area contributed by atoms with Crippen LogP contribution >= 0.6 is 0 Å². The quantitative estimate of drug-likeness (QED) is 0.931. The fourth-order valence-corrected chi connectivity index (χ4v) is 3.09. The van der Waals surface area contributed by atoms with Gasteiger partial charge in [-0.3, -0.25) is 9.89 Å². The van der Waals surface area contributed by atoms with Gasteiger partial charge in [0.1, 0.15) is 0 Å². The smallest absolute Gasteiger partial charge is 0.253 e. The van der Waals surface area contributed by atoms with Gasteiger partial charge in [-0.1, -0.05) is 25.8 Å². The van der Waals surface area contributed by atoms with Crippen LogP contribution in [0.15, 0.2) is 24.4 Å². The molecular weight excluding hydrogens is 250 g/mol. The van der Waals surface area contributed by atoms with Crippen LogP contribution in [-0.4, -0.2) is 34.1 Å². The summed E-state index contributed by atoms with van der Waals surface area (Å²) in [6, 6.07) is 5.76. The Kier molecular flexibility index (Phi) is 3.72. The molecule has 0 saturated carbocycles. The van der Waals surface area contributed by atoms with Crippen molar-refractivity contribution in [3.8, 4) is 0 Å². The van der Waals surface area contributed by atoms with Crippen molar-refractivity contribution in [3.63, 3.8) is 0 Å². The van der Waals surface area contributed by atoms with E-state index >= 15 is 0 Å². The van der Waals surface area contributed by atoms with Gasteiger partial charge in [0.25, 0.3) is 5.91 Å². The van der Waals surface area contributed by atoms with E-state index in [9.17, 15) is 4.79 Å². The number of hydrogen-bond acceptors (Lipinski definition) is 2. The lowest BCUT2D eigenvalue weighted by molar-refractivity contribution is 0.0686. The van der Waals surface area contributed by atoms with Gasteiger partial charge in [-0.05, 0) is 30.9 Å². The molecule has 0 unspecified atom stereocenters. The van der Waals surface area contributed by atoms with Gasteiger partial charge in [0.05, 0.1) is 11.7 Å². The molecule has 2 aromatic rings. The molecule has 1 aliphatic rings. The minimum absolute atomic E-state index is 0.149. The van der Waals surface area contributed by atoms with E-state index in [0.717, 1.165) is 48.3 Å². The Hall–Kier alpha value is -1.84. The number of hydrogen-bond donors (Lipinski definition) is 1. The second-order valence-electron chi connectivity index (χ2n) is 5.70. The van der Waals surface area contributed by atoms with E-state index in [0.29, 0.717) is 0 Å². The fraction of sp³-hybridized carbons (Fsp3) is 0.500. The Morgan fingerprint density at radius 2 is 2.20 bits per heavy atom. The topological polar surface area (TPSA) is 49.0 Å². The van der Waals surface area contributed by atoms with Crippen molar-refractivity contribution < 1.29 is 4.79 Å². The summed E-state index contributed by atoms with van der Waals surface area (Å²) in [5, 5.41) is 7.96. The van der Waals surface area contributed by atoms with Gasteiger partial charge in [-0.2, -0.15) is 5.10 Å². The van der Waals surface area contributed by atoms with E-state index < -0.39 is 0 Å². The second-order valence-corrected chi connectivity index (χ2v) is 5.70.